The lowest BCUT2D eigenvalue weighted by Gasteiger charge is -2.30. The zero-order valence-electron chi connectivity index (χ0n) is 13.3. The highest BCUT2D eigenvalue weighted by Gasteiger charge is 2.23. The number of allylic oxidation sites excluding steroid dienone is 6. The molecular formula is C17H28ClP. The van der Waals surface area contributed by atoms with E-state index in [-0.39, 0.29) is 7.92 Å². The molecule has 0 bridgehead atoms. The van der Waals surface area contributed by atoms with Gasteiger partial charge in [0.1, 0.15) is 0 Å². The summed E-state index contributed by atoms with van der Waals surface area (Å²) in [6.45, 7) is 21.2. The van der Waals surface area contributed by atoms with Gasteiger partial charge in [-0.1, -0.05) is 57.7 Å². The second-order valence-corrected chi connectivity index (χ2v) is 9.29. The molecule has 0 aliphatic heterocycles. The van der Waals surface area contributed by atoms with Gasteiger partial charge in [0.15, 0.2) is 0 Å². The summed E-state index contributed by atoms with van der Waals surface area (Å²) in [5, 5.41) is 0.764. The molecule has 0 aliphatic carbocycles. The first-order chi connectivity index (χ1) is 8.62. The SMILES string of the molecule is C=C/C(=C\C(Cl)=C(\C)C=C)C(CC(C)(C)C)P(C)C. The quantitative estimate of drug-likeness (QED) is 0.396. The Labute approximate surface area is 126 Å². The summed E-state index contributed by atoms with van der Waals surface area (Å²) in [5.41, 5.74) is 3.10. The van der Waals surface area contributed by atoms with E-state index in [9.17, 15) is 0 Å². The molecule has 1 atom stereocenters. The second-order valence-electron chi connectivity index (χ2n) is 6.33. The van der Waals surface area contributed by atoms with Gasteiger partial charge in [-0.05, 0) is 49.3 Å². The van der Waals surface area contributed by atoms with E-state index in [1.807, 2.05) is 13.0 Å². The first kappa shape index (κ1) is 18.7. The molecule has 0 amide bonds. The van der Waals surface area contributed by atoms with Crippen LogP contribution in [0.25, 0.3) is 0 Å². The van der Waals surface area contributed by atoms with Gasteiger partial charge in [0.25, 0.3) is 0 Å². The lowest BCUT2D eigenvalue weighted by Crippen LogP contribution is -2.18. The molecule has 0 saturated heterocycles. The summed E-state index contributed by atoms with van der Waals surface area (Å²) in [5.74, 6) is 0. The van der Waals surface area contributed by atoms with Gasteiger partial charge in [-0.3, -0.25) is 0 Å². The summed E-state index contributed by atoms with van der Waals surface area (Å²) in [4.78, 5) is 0. The molecule has 0 spiro atoms. The maximum Gasteiger partial charge on any atom is 0.0437 e. The molecule has 0 aromatic heterocycles. The van der Waals surface area contributed by atoms with Crippen molar-refractivity contribution in [3.8, 4) is 0 Å². The molecule has 0 aliphatic rings. The fraction of sp³-hybridized carbons (Fsp3) is 0.529. The molecule has 0 rings (SSSR count). The largest absolute Gasteiger partial charge is 0.105 e. The van der Waals surface area contributed by atoms with E-state index in [2.05, 4.69) is 53.3 Å². The smallest absolute Gasteiger partial charge is 0.0437 e. The molecule has 0 aromatic carbocycles. The van der Waals surface area contributed by atoms with Gasteiger partial charge in [-0.2, -0.15) is 0 Å². The molecule has 108 valence electrons. The number of hydrogen-bond acceptors (Lipinski definition) is 0. The summed E-state index contributed by atoms with van der Waals surface area (Å²) in [6.07, 6.45) is 6.96. The Balaban J connectivity index is 5.45. The molecule has 0 saturated carbocycles. The van der Waals surface area contributed by atoms with Crippen molar-refractivity contribution in [3.05, 3.63) is 47.6 Å². The number of hydrogen-bond donors (Lipinski definition) is 0. The lowest BCUT2D eigenvalue weighted by molar-refractivity contribution is 0.382. The van der Waals surface area contributed by atoms with Crippen LogP contribution in [0.1, 0.15) is 34.1 Å². The van der Waals surface area contributed by atoms with Gasteiger partial charge >= 0.3 is 0 Å². The van der Waals surface area contributed by atoms with E-state index in [0.29, 0.717) is 11.1 Å². The number of halogens is 1. The van der Waals surface area contributed by atoms with E-state index >= 15 is 0 Å². The summed E-state index contributed by atoms with van der Waals surface area (Å²) >= 11 is 6.32. The third-order valence-corrected chi connectivity index (χ3v) is 5.16. The van der Waals surface area contributed by atoms with Crippen molar-refractivity contribution < 1.29 is 0 Å². The highest BCUT2D eigenvalue weighted by molar-refractivity contribution is 7.57. The zero-order chi connectivity index (χ0) is 15.2. The lowest BCUT2D eigenvalue weighted by atomic mass is 9.88. The van der Waals surface area contributed by atoms with Crippen molar-refractivity contribution >= 4 is 19.5 Å². The Morgan fingerprint density at radius 2 is 1.74 bits per heavy atom. The van der Waals surface area contributed by atoms with Gasteiger partial charge < -0.3 is 0 Å². The Hall–Kier alpha value is -0.320. The molecule has 0 aromatic rings. The Morgan fingerprint density at radius 1 is 1.21 bits per heavy atom. The molecule has 0 N–H and O–H groups in total. The summed E-state index contributed by atoms with van der Waals surface area (Å²) in [7, 11) is -0.0742. The predicted molar refractivity (Wildman–Crippen MR) is 93.7 cm³/mol. The van der Waals surface area contributed by atoms with Crippen LogP contribution in [0, 0.1) is 5.41 Å². The van der Waals surface area contributed by atoms with Crippen molar-refractivity contribution in [1.82, 2.24) is 0 Å². The molecular weight excluding hydrogens is 271 g/mol. The van der Waals surface area contributed by atoms with Crippen LogP contribution in [-0.4, -0.2) is 19.0 Å². The average molecular weight is 299 g/mol. The average Bonchev–Trinajstić information content (AvgIpc) is 2.30. The maximum absolute atomic E-state index is 6.32. The Morgan fingerprint density at radius 3 is 2.05 bits per heavy atom. The topological polar surface area (TPSA) is 0 Å². The van der Waals surface area contributed by atoms with Crippen LogP contribution < -0.4 is 0 Å². The molecule has 0 radical (unpaired) electrons. The number of rotatable bonds is 6. The Kier molecular flexibility index (Phi) is 7.94. The van der Waals surface area contributed by atoms with Crippen molar-refractivity contribution in [3.63, 3.8) is 0 Å². The van der Waals surface area contributed by atoms with Crippen molar-refractivity contribution in [2.24, 2.45) is 5.41 Å². The second kappa shape index (κ2) is 8.08. The first-order valence-electron chi connectivity index (χ1n) is 6.61. The molecule has 2 heteroatoms. The predicted octanol–water partition coefficient (Wildman–Crippen LogP) is 6.34. The van der Waals surface area contributed by atoms with Crippen LogP contribution in [0.3, 0.4) is 0 Å². The van der Waals surface area contributed by atoms with E-state index in [1.54, 1.807) is 6.08 Å². The van der Waals surface area contributed by atoms with E-state index < -0.39 is 0 Å². The van der Waals surface area contributed by atoms with E-state index in [4.69, 9.17) is 11.6 Å². The molecule has 0 fully saturated rings. The molecule has 0 nitrogen and oxygen atoms in total. The van der Waals surface area contributed by atoms with Crippen LogP contribution in [0.2, 0.25) is 0 Å². The third kappa shape index (κ3) is 7.14. The highest BCUT2D eigenvalue weighted by Crippen LogP contribution is 2.44. The molecule has 19 heavy (non-hydrogen) atoms. The minimum absolute atomic E-state index is 0.0742. The third-order valence-electron chi connectivity index (χ3n) is 3.03. The minimum atomic E-state index is -0.0742. The summed E-state index contributed by atoms with van der Waals surface area (Å²) < 4.78 is 0. The monoisotopic (exact) mass is 298 g/mol. The van der Waals surface area contributed by atoms with Gasteiger partial charge in [0.2, 0.25) is 0 Å². The first-order valence-corrected chi connectivity index (χ1v) is 9.30. The highest BCUT2D eigenvalue weighted by atomic mass is 35.5. The van der Waals surface area contributed by atoms with Crippen LogP contribution in [0.15, 0.2) is 47.6 Å². The standard InChI is InChI=1S/C17H28ClP/c1-9-13(3)15(18)11-14(10-2)16(19(7)8)12-17(4,5)6/h9-11,16H,1-2,12H2,3-8H3/b14-11+,15-13+. The van der Waals surface area contributed by atoms with Crippen LogP contribution in [0.4, 0.5) is 0 Å². The fourth-order valence-electron chi connectivity index (χ4n) is 1.83. The van der Waals surface area contributed by atoms with Crippen LogP contribution >= 0.6 is 19.5 Å². The van der Waals surface area contributed by atoms with E-state index in [0.717, 1.165) is 17.0 Å². The van der Waals surface area contributed by atoms with Gasteiger partial charge in [-0.25, -0.2) is 0 Å². The van der Waals surface area contributed by atoms with Gasteiger partial charge in [-0.15, -0.1) is 7.92 Å². The summed E-state index contributed by atoms with van der Waals surface area (Å²) in [6, 6.07) is 0. The normalized spacial score (nSPS) is 16.1. The minimum Gasteiger partial charge on any atom is -0.105 e. The van der Waals surface area contributed by atoms with Crippen LogP contribution in [-0.2, 0) is 0 Å². The van der Waals surface area contributed by atoms with Crippen molar-refractivity contribution in [2.75, 3.05) is 13.3 Å². The van der Waals surface area contributed by atoms with Gasteiger partial charge in [0.05, 0.1) is 0 Å². The zero-order valence-corrected chi connectivity index (χ0v) is 14.9. The van der Waals surface area contributed by atoms with Crippen molar-refractivity contribution in [1.29, 1.82) is 0 Å². The van der Waals surface area contributed by atoms with E-state index in [1.165, 1.54) is 5.57 Å². The van der Waals surface area contributed by atoms with Crippen LogP contribution in [0.5, 0.6) is 0 Å². The van der Waals surface area contributed by atoms with Gasteiger partial charge in [0, 0.05) is 10.7 Å². The fourth-order valence-corrected chi connectivity index (χ4v) is 3.72. The van der Waals surface area contributed by atoms with Crippen molar-refractivity contribution in [2.45, 2.75) is 39.8 Å². The molecule has 0 heterocycles. The maximum atomic E-state index is 6.32. The molecule has 1 unspecified atom stereocenters. The Bertz CT molecular complexity index is 381.